The summed E-state index contributed by atoms with van der Waals surface area (Å²) in [5, 5.41) is 2.96. The summed E-state index contributed by atoms with van der Waals surface area (Å²) in [6, 6.07) is 9.78. The lowest BCUT2D eigenvalue weighted by atomic mass is 10.1. The molecule has 1 rings (SSSR count). The molecule has 1 aromatic rings. The fourth-order valence-electron chi connectivity index (χ4n) is 2.01. The smallest absolute Gasteiger partial charge is 0.237 e. The van der Waals surface area contributed by atoms with E-state index in [0.29, 0.717) is 13.0 Å². The van der Waals surface area contributed by atoms with Gasteiger partial charge in [0.15, 0.2) is 0 Å². The van der Waals surface area contributed by atoms with Crippen LogP contribution in [0, 0.1) is 0 Å². The zero-order valence-electron chi connectivity index (χ0n) is 12.0. The molecule has 0 aliphatic rings. The third-order valence-electron chi connectivity index (χ3n) is 3.08. The lowest BCUT2D eigenvalue weighted by Crippen LogP contribution is -2.45. The molecule has 0 spiro atoms. The number of carbonyl (C=O) groups is 1. The summed E-state index contributed by atoms with van der Waals surface area (Å²) in [5.41, 5.74) is 12.5. The summed E-state index contributed by atoms with van der Waals surface area (Å²) >= 11 is 0. The number of hydrogen-bond donors (Lipinski definition) is 3. The van der Waals surface area contributed by atoms with Gasteiger partial charge in [-0.1, -0.05) is 36.8 Å². The minimum absolute atomic E-state index is 0. The molecule has 0 radical (unpaired) electrons. The third-order valence-corrected chi connectivity index (χ3v) is 3.08. The van der Waals surface area contributed by atoms with Crippen LogP contribution in [0.25, 0.3) is 0 Å². The average molecular weight is 300 g/mol. The first kappa shape index (κ1) is 18.9. The van der Waals surface area contributed by atoms with Crippen LogP contribution in [0.5, 0.6) is 0 Å². The summed E-state index contributed by atoms with van der Waals surface area (Å²) in [6.07, 6.45) is 3.34. The number of unbranched alkanes of at least 4 members (excludes halogenated alkanes) is 1. The maximum absolute atomic E-state index is 11.9. The van der Waals surface area contributed by atoms with Crippen molar-refractivity contribution < 1.29 is 4.79 Å². The maximum atomic E-state index is 11.9. The van der Waals surface area contributed by atoms with E-state index in [9.17, 15) is 4.79 Å². The van der Waals surface area contributed by atoms with E-state index in [-0.39, 0.29) is 24.4 Å². The molecule has 114 valence electrons. The highest BCUT2D eigenvalue weighted by molar-refractivity contribution is 5.85. The van der Waals surface area contributed by atoms with E-state index in [2.05, 4.69) is 17.4 Å². The van der Waals surface area contributed by atoms with Crippen molar-refractivity contribution in [1.82, 2.24) is 5.32 Å². The second-order valence-electron chi connectivity index (χ2n) is 4.99. The molecular formula is C15H26ClN3O. The highest BCUT2D eigenvalue weighted by Crippen LogP contribution is 2.04. The monoisotopic (exact) mass is 299 g/mol. The quantitative estimate of drug-likeness (QED) is 0.638. The molecule has 1 aromatic carbocycles. The van der Waals surface area contributed by atoms with E-state index in [1.165, 1.54) is 5.56 Å². The largest absolute Gasteiger partial charge is 0.352 e. The first-order chi connectivity index (χ1) is 9.13. The molecule has 2 atom stereocenters. The fourth-order valence-corrected chi connectivity index (χ4v) is 2.01. The molecular weight excluding hydrogens is 274 g/mol. The van der Waals surface area contributed by atoms with Gasteiger partial charge in [0.2, 0.25) is 5.91 Å². The first-order valence-corrected chi connectivity index (χ1v) is 6.93. The van der Waals surface area contributed by atoms with Gasteiger partial charge in [-0.25, -0.2) is 0 Å². The summed E-state index contributed by atoms with van der Waals surface area (Å²) in [5.74, 6) is -0.0690. The van der Waals surface area contributed by atoms with Crippen molar-refractivity contribution in [3.8, 4) is 0 Å². The van der Waals surface area contributed by atoms with Crippen LogP contribution >= 0.6 is 12.4 Å². The van der Waals surface area contributed by atoms with E-state index in [0.717, 1.165) is 19.3 Å². The highest BCUT2D eigenvalue weighted by Gasteiger charge is 2.15. The van der Waals surface area contributed by atoms with Crippen LogP contribution < -0.4 is 16.8 Å². The van der Waals surface area contributed by atoms with E-state index in [4.69, 9.17) is 11.5 Å². The normalized spacial score (nSPS) is 13.2. The van der Waals surface area contributed by atoms with Crippen molar-refractivity contribution in [2.45, 2.75) is 44.7 Å². The number of nitrogens with one attached hydrogen (secondary N) is 1. The molecule has 0 saturated carbocycles. The summed E-state index contributed by atoms with van der Waals surface area (Å²) in [7, 11) is 0. The predicted octanol–water partition coefficient (Wildman–Crippen LogP) is 1.61. The van der Waals surface area contributed by atoms with Gasteiger partial charge in [-0.3, -0.25) is 4.79 Å². The Kier molecular flexibility index (Phi) is 10.1. The summed E-state index contributed by atoms with van der Waals surface area (Å²) < 4.78 is 0. The molecule has 0 aromatic heterocycles. The van der Waals surface area contributed by atoms with Crippen LogP contribution in [0.15, 0.2) is 30.3 Å². The highest BCUT2D eigenvalue weighted by atomic mass is 35.5. The Hall–Kier alpha value is -1.10. The molecule has 0 saturated heterocycles. The lowest BCUT2D eigenvalue weighted by molar-refractivity contribution is -0.123. The van der Waals surface area contributed by atoms with Crippen LogP contribution in [0.2, 0.25) is 0 Å². The Morgan fingerprint density at radius 3 is 2.50 bits per heavy atom. The molecule has 5 heteroatoms. The van der Waals surface area contributed by atoms with Crippen LogP contribution in [0.4, 0.5) is 0 Å². The first-order valence-electron chi connectivity index (χ1n) is 6.93. The Bertz CT molecular complexity index is 373. The maximum Gasteiger partial charge on any atom is 0.237 e. The summed E-state index contributed by atoms with van der Waals surface area (Å²) in [6.45, 7) is 2.65. The second kappa shape index (κ2) is 10.7. The molecule has 0 heterocycles. The zero-order valence-corrected chi connectivity index (χ0v) is 12.9. The number of amides is 1. The SMILES string of the molecule is C[C@@H](Cc1ccccc1)NC(=O)[C@@H](N)CCCCN.Cl. The van der Waals surface area contributed by atoms with Gasteiger partial charge in [-0.05, 0) is 38.3 Å². The minimum Gasteiger partial charge on any atom is -0.352 e. The van der Waals surface area contributed by atoms with Crippen LogP contribution in [0.1, 0.15) is 31.7 Å². The molecule has 1 amide bonds. The lowest BCUT2D eigenvalue weighted by Gasteiger charge is -2.17. The molecule has 0 aliphatic carbocycles. The standard InChI is InChI=1S/C15H25N3O.ClH/c1-12(11-13-7-3-2-4-8-13)18-15(19)14(17)9-5-6-10-16;/h2-4,7-8,12,14H,5-6,9-11,16-17H2,1H3,(H,18,19);1H/t12-,14-;/m0./s1. The van der Waals surface area contributed by atoms with Crippen LogP contribution in [-0.4, -0.2) is 24.5 Å². The zero-order chi connectivity index (χ0) is 14.1. The second-order valence-corrected chi connectivity index (χ2v) is 4.99. The average Bonchev–Trinajstić information content (AvgIpc) is 2.39. The Labute approximate surface area is 127 Å². The minimum atomic E-state index is -0.426. The van der Waals surface area contributed by atoms with Crippen molar-refractivity contribution in [3.05, 3.63) is 35.9 Å². The number of carbonyl (C=O) groups excluding carboxylic acids is 1. The van der Waals surface area contributed by atoms with Crippen LogP contribution in [-0.2, 0) is 11.2 Å². The molecule has 20 heavy (non-hydrogen) atoms. The molecule has 0 fully saturated rings. The van der Waals surface area contributed by atoms with Gasteiger partial charge in [0.05, 0.1) is 6.04 Å². The Morgan fingerprint density at radius 2 is 1.90 bits per heavy atom. The third kappa shape index (κ3) is 7.48. The van der Waals surface area contributed by atoms with Crippen molar-refractivity contribution in [2.24, 2.45) is 11.5 Å². The molecule has 4 nitrogen and oxygen atoms in total. The van der Waals surface area contributed by atoms with Crippen molar-refractivity contribution in [2.75, 3.05) is 6.54 Å². The topological polar surface area (TPSA) is 81.1 Å². The van der Waals surface area contributed by atoms with Crippen molar-refractivity contribution in [1.29, 1.82) is 0 Å². The Morgan fingerprint density at radius 1 is 1.25 bits per heavy atom. The van der Waals surface area contributed by atoms with Gasteiger partial charge in [0.25, 0.3) is 0 Å². The van der Waals surface area contributed by atoms with E-state index in [1.54, 1.807) is 0 Å². The van der Waals surface area contributed by atoms with Gasteiger partial charge in [0, 0.05) is 6.04 Å². The van der Waals surface area contributed by atoms with Crippen LogP contribution in [0.3, 0.4) is 0 Å². The van der Waals surface area contributed by atoms with E-state index < -0.39 is 6.04 Å². The van der Waals surface area contributed by atoms with E-state index >= 15 is 0 Å². The number of benzene rings is 1. The van der Waals surface area contributed by atoms with Gasteiger partial charge in [-0.15, -0.1) is 12.4 Å². The van der Waals surface area contributed by atoms with Crippen molar-refractivity contribution >= 4 is 18.3 Å². The Balaban J connectivity index is 0.00000361. The van der Waals surface area contributed by atoms with Crippen molar-refractivity contribution in [3.63, 3.8) is 0 Å². The molecule has 5 N–H and O–H groups in total. The summed E-state index contributed by atoms with van der Waals surface area (Å²) in [4.78, 5) is 11.9. The number of rotatable bonds is 8. The fraction of sp³-hybridized carbons (Fsp3) is 0.533. The number of nitrogens with two attached hydrogens (primary N) is 2. The van der Waals surface area contributed by atoms with E-state index in [1.807, 2.05) is 25.1 Å². The van der Waals surface area contributed by atoms with Gasteiger partial charge in [-0.2, -0.15) is 0 Å². The predicted molar refractivity (Wildman–Crippen MR) is 85.9 cm³/mol. The number of hydrogen-bond acceptors (Lipinski definition) is 3. The molecule has 0 aliphatic heterocycles. The molecule has 0 bridgehead atoms. The molecule has 0 unspecified atom stereocenters. The number of halogens is 1. The van der Waals surface area contributed by atoms with Gasteiger partial charge < -0.3 is 16.8 Å². The van der Waals surface area contributed by atoms with Gasteiger partial charge >= 0.3 is 0 Å². The van der Waals surface area contributed by atoms with Gasteiger partial charge in [0.1, 0.15) is 0 Å².